The van der Waals surface area contributed by atoms with Crippen LogP contribution in [0, 0.1) is 17.7 Å². The van der Waals surface area contributed by atoms with Crippen molar-refractivity contribution in [3.63, 3.8) is 0 Å². The molecule has 35 heavy (non-hydrogen) atoms. The number of amides is 2. The predicted molar refractivity (Wildman–Crippen MR) is 133 cm³/mol. The van der Waals surface area contributed by atoms with E-state index in [0.29, 0.717) is 37.4 Å². The first-order valence-corrected chi connectivity index (χ1v) is 13.2. The molecule has 1 aromatic rings. The third-order valence-electron chi connectivity index (χ3n) is 8.09. The topological polar surface area (TPSA) is 87.9 Å². The highest BCUT2D eigenvalue weighted by Gasteiger charge is 2.42. The van der Waals surface area contributed by atoms with Crippen molar-refractivity contribution < 1.29 is 18.7 Å². The molecule has 0 spiro atoms. The zero-order valence-corrected chi connectivity index (χ0v) is 21.0. The molecule has 1 aliphatic heterocycles. The molecule has 3 fully saturated rings. The number of halogens is 1. The SMILES string of the molecule is COCC(=O)N1CCC(N(Cc2ccc(F)cc2)C2CC2)C[C@@H]1C(=O)NCC1CCC(CN)CC1. The fourth-order valence-electron chi connectivity index (χ4n) is 5.80. The highest BCUT2D eigenvalue weighted by atomic mass is 19.1. The Morgan fingerprint density at radius 3 is 2.37 bits per heavy atom. The molecule has 0 radical (unpaired) electrons. The number of piperidine rings is 1. The average Bonchev–Trinajstić information content (AvgIpc) is 3.72. The number of benzene rings is 1. The van der Waals surface area contributed by atoms with Gasteiger partial charge in [-0.3, -0.25) is 14.5 Å². The Hall–Kier alpha value is -2.03. The number of rotatable bonds is 10. The summed E-state index contributed by atoms with van der Waals surface area (Å²) in [6.45, 7) is 2.67. The number of ether oxygens (including phenoxy) is 1. The minimum Gasteiger partial charge on any atom is -0.375 e. The number of methoxy groups -OCH3 is 1. The third-order valence-corrected chi connectivity index (χ3v) is 8.09. The zero-order chi connectivity index (χ0) is 24.8. The van der Waals surface area contributed by atoms with E-state index in [4.69, 9.17) is 10.5 Å². The monoisotopic (exact) mass is 488 g/mol. The van der Waals surface area contributed by atoms with Gasteiger partial charge >= 0.3 is 0 Å². The molecule has 3 N–H and O–H groups in total. The summed E-state index contributed by atoms with van der Waals surface area (Å²) in [7, 11) is 1.51. The molecular formula is C27H41FN4O3. The van der Waals surface area contributed by atoms with Crippen molar-refractivity contribution in [3.05, 3.63) is 35.6 Å². The number of carbonyl (C=O) groups excluding carboxylic acids is 2. The minimum absolute atomic E-state index is 0.0144. The van der Waals surface area contributed by atoms with Crippen LogP contribution in [-0.2, 0) is 20.9 Å². The fourth-order valence-corrected chi connectivity index (χ4v) is 5.80. The van der Waals surface area contributed by atoms with Crippen LogP contribution in [-0.4, -0.2) is 73.1 Å². The van der Waals surface area contributed by atoms with Crippen molar-refractivity contribution in [3.8, 4) is 0 Å². The van der Waals surface area contributed by atoms with Crippen molar-refractivity contribution in [2.75, 3.05) is 33.4 Å². The first kappa shape index (κ1) is 26.0. The molecular weight excluding hydrogens is 447 g/mol. The van der Waals surface area contributed by atoms with Crippen LogP contribution >= 0.6 is 0 Å². The molecule has 7 nitrogen and oxygen atoms in total. The molecule has 2 aliphatic carbocycles. The number of carbonyl (C=O) groups is 2. The summed E-state index contributed by atoms with van der Waals surface area (Å²) in [5.41, 5.74) is 6.89. The fraction of sp³-hybridized carbons (Fsp3) is 0.704. The largest absolute Gasteiger partial charge is 0.375 e. The van der Waals surface area contributed by atoms with E-state index >= 15 is 0 Å². The van der Waals surface area contributed by atoms with Gasteiger partial charge in [0.2, 0.25) is 11.8 Å². The second-order valence-electron chi connectivity index (χ2n) is 10.6. The molecule has 0 bridgehead atoms. The Balaban J connectivity index is 1.41. The summed E-state index contributed by atoms with van der Waals surface area (Å²) in [6, 6.07) is 6.89. The minimum atomic E-state index is -0.494. The van der Waals surface area contributed by atoms with Crippen LogP contribution in [0.15, 0.2) is 24.3 Å². The van der Waals surface area contributed by atoms with Gasteiger partial charge in [0, 0.05) is 38.8 Å². The molecule has 2 amide bonds. The van der Waals surface area contributed by atoms with E-state index in [0.717, 1.165) is 63.6 Å². The van der Waals surface area contributed by atoms with Crippen LogP contribution in [0.5, 0.6) is 0 Å². The van der Waals surface area contributed by atoms with Gasteiger partial charge in [0.15, 0.2) is 0 Å². The lowest BCUT2D eigenvalue weighted by atomic mass is 9.82. The molecule has 1 unspecified atom stereocenters. The lowest BCUT2D eigenvalue weighted by molar-refractivity contribution is -0.146. The molecule has 1 saturated heterocycles. The van der Waals surface area contributed by atoms with Gasteiger partial charge in [-0.05, 0) is 87.4 Å². The van der Waals surface area contributed by atoms with Crippen molar-refractivity contribution in [2.24, 2.45) is 17.6 Å². The number of hydrogen-bond donors (Lipinski definition) is 2. The molecule has 2 saturated carbocycles. The Morgan fingerprint density at radius 1 is 1.06 bits per heavy atom. The molecule has 3 aliphatic rings. The number of nitrogens with two attached hydrogens (primary N) is 1. The standard InChI is InChI=1S/C27H41FN4O3/c1-35-18-26(33)31-13-12-24(32(23-10-11-23)17-21-6-8-22(28)9-7-21)14-25(31)27(34)30-16-20-4-2-19(15-29)3-5-20/h6-9,19-20,23-25H,2-5,10-18,29H2,1H3,(H,30,34)/t19?,20?,24?,25-/m1/s1. The van der Waals surface area contributed by atoms with Gasteiger partial charge in [0.1, 0.15) is 18.5 Å². The van der Waals surface area contributed by atoms with Crippen molar-refractivity contribution >= 4 is 11.8 Å². The van der Waals surface area contributed by atoms with Gasteiger partial charge in [-0.25, -0.2) is 4.39 Å². The van der Waals surface area contributed by atoms with E-state index in [1.54, 1.807) is 4.90 Å². The zero-order valence-electron chi connectivity index (χ0n) is 21.0. The molecule has 0 aromatic heterocycles. The van der Waals surface area contributed by atoms with Gasteiger partial charge < -0.3 is 20.7 Å². The molecule has 4 rings (SSSR count). The number of nitrogens with zero attached hydrogens (tertiary/aromatic N) is 2. The molecule has 2 atom stereocenters. The van der Waals surface area contributed by atoms with E-state index in [2.05, 4.69) is 10.2 Å². The Labute approximate surface area is 208 Å². The second kappa shape index (κ2) is 12.3. The van der Waals surface area contributed by atoms with E-state index in [9.17, 15) is 14.0 Å². The van der Waals surface area contributed by atoms with E-state index < -0.39 is 6.04 Å². The summed E-state index contributed by atoms with van der Waals surface area (Å²) in [5, 5.41) is 3.18. The smallest absolute Gasteiger partial charge is 0.249 e. The highest BCUT2D eigenvalue weighted by Crippen LogP contribution is 2.35. The van der Waals surface area contributed by atoms with Crippen molar-refractivity contribution in [2.45, 2.75) is 76.0 Å². The molecule has 1 aromatic carbocycles. The number of nitrogens with one attached hydrogen (secondary N) is 1. The summed E-state index contributed by atoms with van der Waals surface area (Å²) in [6.07, 6.45) is 8.16. The second-order valence-corrected chi connectivity index (χ2v) is 10.6. The Kier molecular flexibility index (Phi) is 9.14. The maximum atomic E-state index is 13.4. The number of hydrogen-bond acceptors (Lipinski definition) is 5. The van der Waals surface area contributed by atoms with Gasteiger partial charge in [0.25, 0.3) is 0 Å². The van der Waals surface area contributed by atoms with Gasteiger partial charge in [-0.1, -0.05) is 12.1 Å². The van der Waals surface area contributed by atoms with Gasteiger partial charge in [-0.15, -0.1) is 0 Å². The predicted octanol–water partition coefficient (Wildman–Crippen LogP) is 2.68. The maximum absolute atomic E-state index is 13.4. The van der Waals surface area contributed by atoms with Crippen LogP contribution in [0.3, 0.4) is 0 Å². The van der Waals surface area contributed by atoms with Crippen LogP contribution < -0.4 is 11.1 Å². The Bertz CT molecular complexity index is 839. The van der Waals surface area contributed by atoms with Gasteiger partial charge in [-0.2, -0.15) is 0 Å². The summed E-state index contributed by atoms with van der Waals surface area (Å²) < 4.78 is 18.5. The van der Waals surface area contributed by atoms with Crippen LogP contribution in [0.4, 0.5) is 4.39 Å². The summed E-state index contributed by atoms with van der Waals surface area (Å²) >= 11 is 0. The normalized spacial score (nSPS) is 27.1. The van der Waals surface area contributed by atoms with Crippen LogP contribution in [0.25, 0.3) is 0 Å². The van der Waals surface area contributed by atoms with Crippen molar-refractivity contribution in [1.29, 1.82) is 0 Å². The van der Waals surface area contributed by atoms with Crippen LogP contribution in [0.2, 0.25) is 0 Å². The lowest BCUT2D eigenvalue weighted by Gasteiger charge is -2.43. The van der Waals surface area contributed by atoms with E-state index in [-0.39, 0.29) is 30.3 Å². The van der Waals surface area contributed by atoms with Crippen molar-refractivity contribution in [1.82, 2.24) is 15.1 Å². The third kappa shape index (κ3) is 7.02. The highest BCUT2D eigenvalue weighted by molar-refractivity contribution is 5.88. The number of likely N-dealkylation sites (tertiary alicyclic amines) is 1. The first-order valence-electron chi connectivity index (χ1n) is 13.2. The van der Waals surface area contributed by atoms with E-state index in [1.807, 2.05) is 12.1 Å². The summed E-state index contributed by atoms with van der Waals surface area (Å²) in [4.78, 5) is 30.4. The average molecular weight is 489 g/mol. The molecule has 8 heteroatoms. The molecule has 194 valence electrons. The van der Waals surface area contributed by atoms with Gasteiger partial charge in [0.05, 0.1) is 0 Å². The summed E-state index contributed by atoms with van der Waals surface area (Å²) in [5.74, 6) is 0.664. The van der Waals surface area contributed by atoms with Crippen LogP contribution in [0.1, 0.15) is 56.9 Å². The molecule has 1 heterocycles. The first-order chi connectivity index (χ1) is 17.0. The Morgan fingerprint density at radius 2 is 1.74 bits per heavy atom. The lowest BCUT2D eigenvalue weighted by Crippen LogP contribution is -2.58. The quantitative estimate of drug-likeness (QED) is 0.529. The van der Waals surface area contributed by atoms with E-state index in [1.165, 1.54) is 19.2 Å². The maximum Gasteiger partial charge on any atom is 0.249 e.